The first-order chi connectivity index (χ1) is 14.0. The van der Waals surface area contributed by atoms with E-state index in [1.807, 2.05) is 56.3 Å². The van der Waals surface area contributed by atoms with Crippen molar-refractivity contribution in [3.8, 4) is 5.75 Å². The number of nitrogens with zero attached hydrogens (tertiary/aromatic N) is 2. The number of hydrogen-bond donors (Lipinski definition) is 1. The predicted molar refractivity (Wildman–Crippen MR) is 118 cm³/mol. The number of pyridine rings is 1. The number of aryl methyl sites for hydroxylation is 2. The summed E-state index contributed by atoms with van der Waals surface area (Å²) in [5, 5.41) is 14.1. The summed E-state index contributed by atoms with van der Waals surface area (Å²) >= 11 is 6.18. The van der Waals surface area contributed by atoms with Gasteiger partial charge in [0.15, 0.2) is 0 Å². The highest BCUT2D eigenvalue weighted by Crippen LogP contribution is 2.34. The van der Waals surface area contributed by atoms with Gasteiger partial charge in [0.2, 0.25) is 0 Å². The highest BCUT2D eigenvalue weighted by molar-refractivity contribution is 6.30. The summed E-state index contributed by atoms with van der Waals surface area (Å²) in [6.45, 7) is 6.57. The molecule has 3 aromatic rings. The number of benzene rings is 2. The van der Waals surface area contributed by atoms with Gasteiger partial charge in [0.25, 0.3) is 0 Å². The molecule has 3 rings (SSSR count). The van der Waals surface area contributed by atoms with Crippen LogP contribution in [0.3, 0.4) is 0 Å². The minimum Gasteiger partial charge on any atom is -0.494 e. The lowest BCUT2D eigenvalue weighted by atomic mass is 9.83. The first-order valence-electron chi connectivity index (χ1n) is 9.64. The van der Waals surface area contributed by atoms with Crippen molar-refractivity contribution in [3.05, 3.63) is 93.8 Å². The van der Waals surface area contributed by atoms with Gasteiger partial charge in [-0.2, -0.15) is 0 Å². The van der Waals surface area contributed by atoms with Crippen molar-refractivity contribution in [1.82, 2.24) is 4.98 Å². The third kappa shape index (κ3) is 5.15. The largest absolute Gasteiger partial charge is 0.494 e. The molecule has 0 bridgehead atoms. The van der Waals surface area contributed by atoms with Crippen LogP contribution in [0.2, 0.25) is 5.02 Å². The molecule has 0 amide bonds. The number of oxime groups is 1. The molecule has 150 valence electrons. The van der Waals surface area contributed by atoms with Crippen LogP contribution in [0.4, 0.5) is 0 Å². The van der Waals surface area contributed by atoms with Crippen molar-refractivity contribution in [2.24, 2.45) is 5.16 Å². The molecule has 5 heteroatoms. The van der Waals surface area contributed by atoms with E-state index in [2.05, 4.69) is 29.2 Å². The standard InChI is InChI=1S/C24H25ClN2O2/c1-4-29-21-8-5-18(6-9-21)23(22-10-7-20(25)13-16(22)2)15-24(27-28)19-11-12-26-17(3)14-19/h5-14,23,28H,4,15H2,1-3H3/b27-24+/t23-/m0/s1. The lowest BCUT2D eigenvalue weighted by Gasteiger charge is -2.21. The van der Waals surface area contributed by atoms with E-state index in [1.54, 1.807) is 6.20 Å². The number of hydrogen-bond acceptors (Lipinski definition) is 4. The SMILES string of the molecule is CCOc1ccc([C@H](C/C(=N\O)c2ccnc(C)c2)c2ccc(Cl)cc2C)cc1. The Bertz CT molecular complexity index is 1000. The Morgan fingerprint density at radius 3 is 2.48 bits per heavy atom. The number of aromatic nitrogens is 1. The highest BCUT2D eigenvalue weighted by atomic mass is 35.5. The number of rotatable bonds is 7. The molecule has 0 radical (unpaired) electrons. The van der Waals surface area contributed by atoms with Gasteiger partial charge in [-0.05, 0) is 73.9 Å². The molecule has 0 saturated heterocycles. The lowest BCUT2D eigenvalue weighted by molar-refractivity contribution is 0.317. The Morgan fingerprint density at radius 2 is 1.86 bits per heavy atom. The van der Waals surface area contributed by atoms with E-state index in [4.69, 9.17) is 16.3 Å². The first kappa shape index (κ1) is 20.9. The maximum atomic E-state index is 9.77. The molecule has 0 spiro atoms. The summed E-state index contributed by atoms with van der Waals surface area (Å²) in [4.78, 5) is 4.24. The highest BCUT2D eigenvalue weighted by Gasteiger charge is 2.21. The molecule has 1 aromatic heterocycles. The fourth-order valence-electron chi connectivity index (χ4n) is 3.54. The lowest BCUT2D eigenvalue weighted by Crippen LogP contribution is -2.12. The van der Waals surface area contributed by atoms with Gasteiger partial charge < -0.3 is 9.94 Å². The topological polar surface area (TPSA) is 54.7 Å². The first-order valence-corrected chi connectivity index (χ1v) is 10.0. The van der Waals surface area contributed by atoms with Crippen LogP contribution >= 0.6 is 11.6 Å². The average Bonchev–Trinajstić information content (AvgIpc) is 2.71. The Hall–Kier alpha value is -2.85. The third-order valence-electron chi connectivity index (χ3n) is 4.95. The van der Waals surface area contributed by atoms with Gasteiger partial charge >= 0.3 is 0 Å². The molecular weight excluding hydrogens is 384 g/mol. The molecule has 1 heterocycles. The Morgan fingerprint density at radius 1 is 1.10 bits per heavy atom. The zero-order chi connectivity index (χ0) is 20.8. The molecule has 0 aliphatic heterocycles. The average molecular weight is 409 g/mol. The molecule has 2 aromatic carbocycles. The zero-order valence-electron chi connectivity index (χ0n) is 16.9. The second kappa shape index (κ2) is 9.57. The van der Waals surface area contributed by atoms with Crippen molar-refractivity contribution in [1.29, 1.82) is 0 Å². The van der Waals surface area contributed by atoms with Crippen LogP contribution in [0.25, 0.3) is 0 Å². The third-order valence-corrected chi connectivity index (χ3v) is 5.18. The normalized spacial score (nSPS) is 12.6. The van der Waals surface area contributed by atoms with E-state index >= 15 is 0 Å². The van der Waals surface area contributed by atoms with E-state index in [0.29, 0.717) is 23.8 Å². The van der Waals surface area contributed by atoms with Gasteiger partial charge in [0.05, 0.1) is 12.3 Å². The Labute approximate surface area is 176 Å². The minimum atomic E-state index is 0.00214. The van der Waals surface area contributed by atoms with Crippen LogP contribution < -0.4 is 4.74 Å². The molecule has 0 fully saturated rings. The fourth-order valence-corrected chi connectivity index (χ4v) is 3.76. The smallest absolute Gasteiger partial charge is 0.119 e. The second-order valence-corrected chi connectivity index (χ2v) is 7.43. The quantitative estimate of drug-likeness (QED) is 0.289. The van der Waals surface area contributed by atoms with Gasteiger partial charge in [-0.3, -0.25) is 4.98 Å². The molecule has 1 atom stereocenters. The Balaban J connectivity index is 2.02. The van der Waals surface area contributed by atoms with Gasteiger partial charge in [-0.25, -0.2) is 0 Å². The van der Waals surface area contributed by atoms with Crippen molar-refractivity contribution >= 4 is 17.3 Å². The Kier molecular flexibility index (Phi) is 6.89. The fraction of sp³-hybridized carbons (Fsp3) is 0.250. The van der Waals surface area contributed by atoms with Gasteiger partial charge in [-0.1, -0.05) is 35.0 Å². The molecule has 0 aliphatic rings. The summed E-state index contributed by atoms with van der Waals surface area (Å²) in [6.07, 6.45) is 2.27. The van der Waals surface area contributed by atoms with E-state index in [1.165, 1.54) is 0 Å². The van der Waals surface area contributed by atoms with Crippen LogP contribution in [0.1, 0.15) is 47.2 Å². The molecule has 0 aliphatic carbocycles. The van der Waals surface area contributed by atoms with Crippen molar-refractivity contribution in [3.63, 3.8) is 0 Å². The van der Waals surface area contributed by atoms with E-state index < -0.39 is 0 Å². The van der Waals surface area contributed by atoms with Crippen LogP contribution in [-0.2, 0) is 0 Å². The van der Waals surface area contributed by atoms with Crippen LogP contribution in [-0.4, -0.2) is 22.5 Å². The summed E-state index contributed by atoms with van der Waals surface area (Å²) in [5.41, 5.74) is 5.71. The van der Waals surface area contributed by atoms with Crippen LogP contribution in [0, 0.1) is 13.8 Å². The van der Waals surface area contributed by atoms with Crippen molar-refractivity contribution < 1.29 is 9.94 Å². The minimum absolute atomic E-state index is 0.00214. The summed E-state index contributed by atoms with van der Waals surface area (Å²) in [5.74, 6) is 0.839. The molecule has 0 saturated carbocycles. The van der Waals surface area contributed by atoms with E-state index in [-0.39, 0.29) is 5.92 Å². The molecule has 29 heavy (non-hydrogen) atoms. The van der Waals surface area contributed by atoms with Gasteiger partial charge in [0.1, 0.15) is 5.75 Å². The van der Waals surface area contributed by atoms with Crippen molar-refractivity contribution in [2.75, 3.05) is 6.61 Å². The van der Waals surface area contributed by atoms with E-state index in [9.17, 15) is 5.21 Å². The van der Waals surface area contributed by atoms with Crippen molar-refractivity contribution in [2.45, 2.75) is 33.1 Å². The molecular formula is C24H25ClN2O2. The van der Waals surface area contributed by atoms with Gasteiger partial charge in [0, 0.05) is 34.8 Å². The van der Waals surface area contributed by atoms with Gasteiger partial charge in [-0.15, -0.1) is 0 Å². The zero-order valence-corrected chi connectivity index (χ0v) is 17.6. The molecule has 4 nitrogen and oxygen atoms in total. The predicted octanol–water partition coefficient (Wildman–Crippen LogP) is 6.15. The van der Waals surface area contributed by atoms with Crippen LogP contribution in [0.15, 0.2) is 65.9 Å². The van der Waals surface area contributed by atoms with E-state index in [0.717, 1.165) is 33.7 Å². The van der Waals surface area contributed by atoms with Crippen LogP contribution in [0.5, 0.6) is 5.75 Å². The molecule has 0 unspecified atom stereocenters. The number of halogens is 1. The second-order valence-electron chi connectivity index (χ2n) is 6.99. The maximum absolute atomic E-state index is 9.77. The summed E-state index contributed by atoms with van der Waals surface area (Å²) in [6, 6.07) is 17.8. The molecule has 1 N–H and O–H groups in total. The maximum Gasteiger partial charge on any atom is 0.119 e. The summed E-state index contributed by atoms with van der Waals surface area (Å²) in [7, 11) is 0. The number of ether oxygens (including phenoxy) is 1. The monoisotopic (exact) mass is 408 g/mol. The summed E-state index contributed by atoms with van der Waals surface area (Å²) < 4.78 is 5.58.